The van der Waals surface area contributed by atoms with Crippen molar-refractivity contribution < 1.29 is 9.84 Å². The molecule has 0 aromatic heterocycles. The van der Waals surface area contributed by atoms with E-state index in [9.17, 15) is 0 Å². The predicted molar refractivity (Wildman–Crippen MR) is 62.3 cm³/mol. The second kappa shape index (κ2) is 7.30. The summed E-state index contributed by atoms with van der Waals surface area (Å²) in [6.07, 6.45) is 3.96. The van der Waals surface area contributed by atoms with Crippen LogP contribution in [0.25, 0.3) is 0 Å². The van der Waals surface area contributed by atoms with E-state index in [0.29, 0.717) is 0 Å². The lowest BCUT2D eigenvalue weighted by Gasteiger charge is -2.06. The molecule has 0 spiro atoms. The van der Waals surface area contributed by atoms with E-state index in [1.807, 2.05) is 12.1 Å². The molecule has 2 heteroatoms. The van der Waals surface area contributed by atoms with E-state index in [-0.39, 0.29) is 6.61 Å². The molecule has 0 saturated carbocycles. The van der Waals surface area contributed by atoms with Gasteiger partial charge in [-0.05, 0) is 43.4 Å². The van der Waals surface area contributed by atoms with Gasteiger partial charge in [0, 0.05) is 6.61 Å². The van der Waals surface area contributed by atoms with Gasteiger partial charge < -0.3 is 9.84 Å². The lowest BCUT2D eigenvalue weighted by molar-refractivity contribution is 0.284. The summed E-state index contributed by atoms with van der Waals surface area (Å²) in [5.41, 5.74) is 1.29. The van der Waals surface area contributed by atoms with Crippen LogP contribution in [0.3, 0.4) is 0 Å². The van der Waals surface area contributed by atoms with Gasteiger partial charge in [0.05, 0.1) is 6.61 Å². The number of aliphatic hydroxyl groups excluding tert-OH is 1. The average Bonchev–Trinajstić information content (AvgIpc) is 2.27. The third-order valence-electron chi connectivity index (χ3n) is 2.24. The van der Waals surface area contributed by atoms with E-state index < -0.39 is 0 Å². The smallest absolute Gasteiger partial charge is 0.119 e. The van der Waals surface area contributed by atoms with Crippen LogP contribution >= 0.6 is 0 Å². The minimum absolute atomic E-state index is 0.284. The van der Waals surface area contributed by atoms with Crippen LogP contribution in [0, 0.1) is 0 Å². The third-order valence-corrected chi connectivity index (χ3v) is 2.24. The molecule has 0 unspecified atom stereocenters. The van der Waals surface area contributed by atoms with E-state index in [2.05, 4.69) is 19.1 Å². The van der Waals surface area contributed by atoms with Crippen molar-refractivity contribution in [3.05, 3.63) is 29.8 Å². The molecular formula is C13H20O2. The first-order valence-electron chi connectivity index (χ1n) is 5.69. The van der Waals surface area contributed by atoms with E-state index in [1.54, 1.807) is 0 Å². The zero-order valence-corrected chi connectivity index (χ0v) is 9.41. The van der Waals surface area contributed by atoms with Gasteiger partial charge in [-0.15, -0.1) is 0 Å². The van der Waals surface area contributed by atoms with Crippen LogP contribution in [0.15, 0.2) is 24.3 Å². The second-order valence-corrected chi connectivity index (χ2v) is 3.68. The van der Waals surface area contributed by atoms with Gasteiger partial charge in [0.1, 0.15) is 5.75 Å². The Bertz CT molecular complexity index is 271. The summed E-state index contributed by atoms with van der Waals surface area (Å²) in [6.45, 7) is 3.16. The highest BCUT2D eigenvalue weighted by Gasteiger charge is 1.96. The number of hydrogen-bond donors (Lipinski definition) is 1. The summed E-state index contributed by atoms with van der Waals surface area (Å²) in [5, 5.41) is 8.69. The highest BCUT2D eigenvalue weighted by atomic mass is 16.5. The zero-order valence-electron chi connectivity index (χ0n) is 9.41. The molecule has 0 aliphatic heterocycles. The minimum Gasteiger partial charge on any atom is -0.494 e. The Morgan fingerprint density at radius 2 is 2.13 bits per heavy atom. The normalized spacial score (nSPS) is 10.3. The first kappa shape index (κ1) is 12.1. The Hall–Kier alpha value is -1.02. The van der Waals surface area contributed by atoms with Crippen LogP contribution in [0.2, 0.25) is 0 Å². The van der Waals surface area contributed by atoms with Crippen molar-refractivity contribution in [2.45, 2.75) is 32.6 Å². The van der Waals surface area contributed by atoms with Crippen molar-refractivity contribution in [3.63, 3.8) is 0 Å². The molecule has 84 valence electrons. The molecule has 0 saturated heterocycles. The fourth-order valence-electron chi connectivity index (χ4n) is 1.45. The Balaban J connectivity index is 2.42. The Kier molecular flexibility index (Phi) is 5.86. The summed E-state index contributed by atoms with van der Waals surface area (Å²) in [5.74, 6) is 0.957. The zero-order chi connectivity index (χ0) is 10.9. The van der Waals surface area contributed by atoms with Crippen molar-refractivity contribution >= 4 is 0 Å². The molecule has 0 fully saturated rings. The van der Waals surface area contributed by atoms with Crippen LogP contribution in [0.1, 0.15) is 31.7 Å². The van der Waals surface area contributed by atoms with Gasteiger partial charge in [-0.1, -0.05) is 19.1 Å². The van der Waals surface area contributed by atoms with Crippen LogP contribution < -0.4 is 4.74 Å². The summed E-state index contributed by atoms with van der Waals surface area (Å²) < 4.78 is 5.55. The highest BCUT2D eigenvalue weighted by Crippen LogP contribution is 2.15. The lowest BCUT2D eigenvalue weighted by Crippen LogP contribution is -1.96. The van der Waals surface area contributed by atoms with Gasteiger partial charge in [0.2, 0.25) is 0 Å². The SMILES string of the molecule is CCCOc1cccc(CCCCO)c1. The maximum atomic E-state index is 8.69. The largest absolute Gasteiger partial charge is 0.494 e. The maximum absolute atomic E-state index is 8.69. The van der Waals surface area contributed by atoms with Crippen LogP contribution in [-0.2, 0) is 6.42 Å². The van der Waals surface area contributed by atoms with Crippen molar-refractivity contribution in [2.75, 3.05) is 13.2 Å². The number of hydrogen-bond acceptors (Lipinski definition) is 2. The molecule has 1 rings (SSSR count). The molecule has 1 aromatic rings. The molecule has 1 aromatic carbocycles. The fraction of sp³-hybridized carbons (Fsp3) is 0.538. The molecule has 0 amide bonds. The Morgan fingerprint density at radius 3 is 2.87 bits per heavy atom. The Morgan fingerprint density at radius 1 is 1.27 bits per heavy atom. The van der Waals surface area contributed by atoms with Gasteiger partial charge in [0.15, 0.2) is 0 Å². The molecule has 0 heterocycles. The van der Waals surface area contributed by atoms with Crippen molar-refractivity contribution in [1.29, 1.82) is 0 Å². The van der Waals surface area contributed by atoms with Gasteiger partial charge in [-0.25, -0.2) is 0 Å². The number of aliphatic hydroxyl groups is 1. The third kappa shape index (κ3) is 4.84. The number of unbranched alkanes of at least 4 members (excludes halogenated alkanes) is 1. The molecule has 1 N–H and O–H groups in total. The van der Waals surface area contributed by atoms with Gasteiger partial charge >= 0.3 is 0 Å². The topological polar surface area (TPSA) is 29.5 Å². The van der Waals surface area contributed by atoms with Crippen LogP contribution in [-0.4, -0.2) is 18.3 Å². The number of ether oxygens (including phenoxy) is 1. The first-order valence-corrected chi connectivity index (χ1v) is 5.69. The molecule has 15 heavy (non-hydrogen) atoms. The minimum atomic E-state index is 0.284. The molecule has 0 aliphatic rings. The number of aryl methyl sites for hydroxylation is 1. The van der Waals surface area contributed by atoms with Crippen molar-refractivity contribution in [3.8, 4) is 5.75 Å². The van der Waals surface area contributed by atoms with E-state index in [4.69, 9.17) is 9.84 Å². The number of benzene rings is 1. The maximum Gasteiger partial charge on any atom is 0.119 e. The van der Waals surface area contributed by atoms with Crippen molar-refractivity contribution in [1.82, 2.24) is 0 Å². The summed E-state index contributed by atoms with van der Waals surface area (Å²) in [4.78, 5) is 0. The molecule has 0 radical (unpaired) electrons. The summed E-state index contributed by atoms with van der Waals surface area (Å²) >= 11 is 0. The molecule has 0 bridgehead atoms. The van der Waals surface area contributed by atoms with Crippen LogP contribution in [0.5, 0.6) is 5.75 Å². The standard InChI is InChI=1S/C13H20O2/c1-2-10-15-13-8-5-7-12(11-13)6-3-4-9-14/h5,7-8,11,14H,2-4,6,9-10H2,1H3. The molecule has 2 nitrogen and oxygen atoms in total. The summed E-state index contributed by atoms with van der Waals surface area (Å²) in [6, 6.07) is 8.22. The summed E-state index contributed by atoms with van der Waals surface area (Å²) in [7, 11) is 0. The van der Waals surface area contributed by atoms with Gasteiger partial charge in [-0.3, -0.25) is 0 Å². The highest BCUT2D eigenvalue weighted by molar-refractivity contribution is 5.28. The Labute approximate surface area is 91.9 Å². The van der Waals surface area contributed by atoms with Gasteiger partial charge in [0.25, 0.3) is 0 Å². The van der Waals surface area contributed by atoms with Crippen LogP contribution in [0.4, 0.5) is 0 Å². The van der Waals surface area contributed by atoms with Gasteiger partial charge in [-0.2, -0.15) is 0 Å². The quantitative estimate of drug-likeness (QED) is 0.698. The second-order valence-electron chi connectivity index (χ2n) is 3.68. The average molecular weight is 208 g/mol. The molecular weight excluding hydrogens is 188 g/mol. The predicted octanol–water partition coefficient (Wildman–Crippen LogP) is 2.79. The van der Waals surface area contributed by atoms with E-state index >= 15 is 0 Å². The molecule has 0 aliphatic carbocycles. The van der Waals surface area contributed by atoms with E-state index in [0.717, 1.165) is 38.0 Å². The number of rotatable bonds is 7. The van der Waals surface area contributed by atoms with E-state index in [1.165, 1.54) is 5.56 Å². The first-order chi connectivity index (χ1) is 7.36. The monoisotopic (exact) mass is 208 g/mol. The fourth-order valence-corrected chi connectivity index (χ4v) is 1.45. The lowest BCUT2D eigenvalue weighted by atomic mass is 10.1. The molecule has 0 atom stereocenters. The van der Waals surface area contributed by atoms with Crippen molar-refractivity contribution in [2.24, 2.45) is 0 Å².